The molecule has 152 valence electrons. The third kappa shape index (κ3) is 4.37. The summed E-state index contributed by atoms with van der Waals surface area (Å²) in [6.07, 6.45) is -2.12. The number of aromatic amines is 1. The fourth-order valence-electron chi connectivity index (χ4n) is 3.06. The number of alkyl halides is 3. The maximum Gasteiger partial charge on any atom is 0.416 e. The van der Waals surface area contributed by atoms with Crippen LogP contribution in [0.2, 0.25) is 0 Å². The van der Waals surface area contributed by atoms with Gasteiger partial charge in [-0.25, -0.2) is 0 Å². The number of benzene rings is 2. The molecule has 0 bridgehead atoms. The normalized spacial score (nSPS) is 14.6. The number of halogens is 3. The molecule has 8 heteroatoms. The van der Waals surface area contributed by atoms with E-state index < -0.39 is 11.7 Å². The van der Waals surface area contributed by atoms with E-state index in [4.69, 9.17) is 9.47 Å². The summed E-state index contributed by atoms with van der Waals surface area (Å²) in [4.78, 5) is 15.2. The van der Waals surface area contributed by atoms with Gasteiger partial charge in [-0.1, -0.05) is 12.1 Å². The van der Waals surface area contributed by atoms with Crippen molar-refractivity contribution in [3.05, 3.63) is 59.8 Å². The van der Waals surface area contributed by atoms with Crippen molar-refractivity contribution in [1.82, 2.24) is 4.98 Å². The number of rotatable bonds is 6. The highest BCUT2D eigenvalue weighted by molar-refractivity contribution is 6.03. The van der Waals surface area contributed by atoms with E-state index in [-0.39, 0.29) is 11.8 Å². The fourth-order valence-corrected chi connectivity index (χ4v) is 3.06. The maximum absolute atomic E-state index is 12.6. The molecule has 1 amide bonds. The average molecular weight is 404 g/mol. The standard InChI is InChI=1S/C21H19F3N2O3/c22-21(23,24)15-3-1-13(2-4-15)7-8-29-16-5-6-18-17(9-16)19(10-25-18)26-20(27)14-11-28-12-14/h1-6,9-10,14,25H,7-8,11-12H2,(H,26,27). The summed E-state index contributed by atoms with van der Waals surface area (Å²) < 4.78 is 48.6. The van der Waals surface area contributed by atoms with Crippen molar-refractivity contribution in [2.24, 2.45) is 5.92 Å². The van der Waals surface area contributed by atoms with Crippen LogP contribution in [-0.4, -0.2) is 30.7 Å². The van der Waals surface area contributed by atoms with Crippen LogP contribution in [0.3, 0.4) is 0 Å². The molecule has 0 aliphatic carbocycles. The van der Waals surface area contributed by atoms with Crippen LogP contribution >= 0.6 is 0 Å². The molecular formula is C21H19F3N2O3. The molecule has 1 fully saturated rings. The highest BCUT2D eigenvalue weighted by Gasteiger charge is 2.30. The molecular weight excluding hydrogens is 385 g/mol. The predicted molar refractivity (Wildman–Crippen MR) is 102 cm³/mol. The van der Waals surface area contributed by atoms with E-state index in [2.05, 4.69) is 10.3 Å². The molecule has 0 atom stereocenters. The molecule has 1 saturated heterocycles. The minimum absolute atomic E-state index is 0.0780. The summed E-state index contributed by atoms with van der Waals surface area (Å²) in [5.74, 6) is 0.417. The largest absolute Gasteiger partial charge is 0.493 e. The molecule has 2 N–H and O–H groups in total. The van der Waals surface area contributed by atoms with Crippen LogP contribution in [0, 0.1) is 5.92 Å². The summed E-state index contributed by atoms with van der Waals surface area (Å²) in [6.45, 7) is 1.20. The van der Waals surface area contributed by atoms with Gasteiger partial charge in [-0.3, -0.25) is 4.79 Å². The first-order valence-corrected chi connectivity index (χ1v) is 9.19. The zero-order valence-corrected chi connectivity index (χ0v) is 15.4. The van der Waals surface area contributed by atoms with Crippen LogP contribution in [-0.2, 0) is 22.1 Å². The molecule has 0 radical (unpaired) electrons. The Morgan fingerprint density at radius 1 is 1.17 bits per heavy atom. The van der Waals surface area contributed by atoms with E-state index in [1.807, 2.05) is 12.1 Å². The number of carbonyl (C=O) groups excluding carboxylic acids is 1. The summed E-state index contributed by atoms with van der Waals surface area (Å²) in [7, 11) is 0. The number of hydrogen-bond donors (Lipinski definition) is 2. The number of carbonyl (C=O) groups is 1. The lowest BCUT2D eigenvalue weighted by Crippen LogP contribution is -2.38. The Labute approximate surface area is 164 Å². The third-order valence-electron chi connectivity index (χ3n) is 4.86. The second-order valence-corrected chi connectivity index (χ2v) is 6.93. The van der Waals surface area contributed by atoms with Gasteiger partial charge in [0.15, 0.2) is 0 Å². The van der Waals surface area contributed by atoms with Gasteiger partial charge in [0, 0.05) is 23.5 Å². The van der Waals surface area contributed by atoms with Crippen LogP contribution in [0.4, 0.5) is 18.9 Å². The summed E-state index contributed by atoms with van der Waals surface area (Å²) in [6, 6.07) is 10.5. The third-order valence-corrected chi connectivity index (χ3v) is 4.86. The first kappa shape index (κ1) is 19.3. The van der Waals surface area contributed by atoms with Gasteiger partial charge in [0.1, 0.15) is 5.75 Å². The van der Waals surface area contributed by atoms with Crippen molar-refractivity contribution in [2.75, 3.05) is 25.1 Å². The lowest BCUT2D eigenvalue weighted by molar-refractivity contribution is -0.137. The topological polar surface area (TPSA) is 63.4 Å². The van der Waals surface area contributed by atoms with Crippen molar-refractivity contribution in [1.29, 1.82) is 0 Å². The molecule has 1 aromatic heterocycles. The van der Waals surface area contributed by atoms with E-state index >= 15 is 0 Å². The lowest BCUT2D eigenvalue weighted by Gasteiger charge is -2.24. The van der Waals surface area contributed by atoms with Crippen molar-refractivity contribution in [3.8, 4) is 5.75 Å². The van der Waals surface area contributed by atoms with Gasteiger partial charge in [0.05, 0.1) is 37.0 Å². The maximum atomic E-state index is 12.6. The number of ether oxygens (including phenoxy) is 2. The molecule has 1 aliphatic rings. The Kier molecular flexibility index (Phi) is 5.19. The average Bonchev–Trinajstić information content (AvgIpc) is 3.02. The molecule has 0 saturated carbocycles. The number of anilines is 1. The molecule has 4 rings (SSSR count). The van der Waals surface area contributed by atoms with E-state index in [9.17, 15) is 18.0 Å². The molecule has 0 unspecified atom stereocenters. The SMILES string of the molecule is O=C(Nc1c[nH]c2ccc(OCCc3ccc(C(F)(F)F)cc3)cc12)C1COC1. The molecule has 2 aromatic carbocycles. The molecule has 3 aromatic rings. The minimum atomic E-state index is -4.33. The van der Waals surface area contributed by atoms with Crippen molar-refractivity contribution >= 4 is 22.5 Å². The summed E-state index contributed by atoms with van der Waals surface area (Å²) in [5, 5.41) is 3.72. The van der Waals surface area contributed by atoms with E-state index in [1.165, 1.54) is 12.1 Å². The van der Waals surface area contributed by atoms with Crippen LogP contribution < -0.4 is 10.1 Å². The number of amides is 1. The summed E-state index contributed by atoms with van der Waals surface area (Å²) >= 11 is 0. The number of hydrogen-bond acceptors (Lipinski definition) is 3. The van der Waals surface area contributed by atoms with E-state index in [0.29, 0.717) is 37.7 Å². The predicted octanol–water partition coefficient (Wildman–Crippen LogP) is 4.39. The Morgan fingerprint density at radius 3 is 2.59 bits per heavy atom. The van der Waals surface area contributed by atoms with Crippen molar-refractivity contribution in [2.45, 2.75) is 12.6 Å². The molecule has 2 heterocycles. The highest BCUT2D eigenvalue weighted by atomic mass is 19.4. The second-order valence-electron chi connectivity index (χ2n) is 6.93. The second kappa shape index (κ2) is 7.79. The summed E-state index contributed by atoms with van der Waals surface area (Å²) in [5.41, 5.74) is 1.63. The van der Waals surface area contributed by atoms with Crippen LogP contribution in [0.1, 0.15) is 11.1 Å². The zero-order chi connectivity index (χ0) is 20.4. The molecule has 29 heavy (non-hydrogen) atoms. The fraction of sp³-hybridized carbons (Fsp3) is 0.286. The molecule has 5 nitrogen and oxygen atoms in total. The number of aromatic nitrogens is 1. The quantitative estimate of drug-likeness (QED) is 0.640. The van der Waals surface area contributed by atoms with Crippen LogP contribution in [0.25, 0.3) is 10.9 Å². The van der Waals surface area contributed by atoms with Gasteiger partial charge in [-0.15, -0.1) is 0 Å². The number of nitrogens with one attached hydrogen (secondary N) is 2. The van der Waals surface area contributed by atoms with E-state index in [1.54, 1.807) is 12.3 Å². The monoisotopic (exact) mass is 404 g/mol. The van der Waals surface area contributed by atoms with Gasteiger partial charge < -0.3 is 19.8 Å². The zero-order valence-electron chi connectivity index (χ0n) is 15.4. The number of H-pyrrole nitrogens is 1. The van der Waals surface area contributed by atoms with Crippen molar-refractivity contribution < 1.29 is 27.4 Å². The van der Waals surface area contributed by atoms with Crippen LogP contribution in [0.15, 0.2) is 48.7 Å². The van der Waals surface area contributed by atoms with Gasteiger partial charge in [-0.05, 0) is 35.9 Å². The Balaban J connectivity index is 1.38. The van der Waals surface area contributed by atoms with Gasteiger partial charge in [-0.2, -0.15) is 13.2 Å². The Hall–Kier alpha value is -3.00. The Bertz CT molecular complexity index is 1010. The van der Waals surface area contributed by atoms with E-state index in [0.717, 1.165) is 28.6 Å². The first-order chi connectivity index (χ1) is 13.9. The van der Waals surface area contributed by atoms with Crippen molar-refractivity contribution in [3.63, 3.8) is 0 Å². The van der Waals surface area contributed by atoms with Gasteiger partial charge in [0.25, 0.3) is 0 Å². The molecule has 1 aliphatic heterocycles. The molecule has 0 spiro atoms. The van der Waals surface area contributed by atoms with Gasteiger partial charge >= 0.3 is 6.18 Å². The highest BCUT2D eigenvalue weighted by Crippen LogP contribution is 2.30. The minimum Gasteiger partial charge on any atom is -0.493 e. The smallest absolute Gasteiger partial charge is 0.416 e. The first-order valence-electron chi connectivity index (χ1n) is 9.19. The number of fused-ring (bicyclic) bond motifs is 1. The van der Waals surface area contributed by atoms with Gasteiger partial charge in [0.2, 0.25) is 5.91 Å². The Morgan fingerprint density at radius 2 is 1.93 bits per heavy atom. The lowest BCUT2D eigenvalue weighted by atomic mass is 10.1. The van der Waals surface area contributed by atoms with Crippen LogP contribution in [0.5, 0.6) is 5.75 Å².